The van der Waals surface area contributed by atoms with E-state index in [2.05, 4.69) is 25.9 Å². The molecule has 0 aromatic rings. The zero-order chi connectivity index (χ0) is 14.4. The van der Waals surface area contributed by atoms with Crippen LogP contribution in [0, 0.1) is 16.7 Å². The molecule has 2 saturated carbocycles. The monoisotopic (exact) mass is 345 g/mol. The second-order valence-corrected chi connectivity index (χ2v) is 9.89. The summed E-state index contributed by atoms with van der Waals surface area (Å²) in [5, 5.41) is 14.5. The Bertz CT molecular complexity index is 403. The van der Waals surface area contributed by atoms with Gasteiger partial charge in [-0.1, -0.05) is 0 Å². The van der Waals surface area contributed by atoms with Crippen molar-refractivity contribution in [2.24, 2.45) is 21.9 Å². The molecular weight excluding hydrogens is 317 g/mol. The second kappa shape index (κ2) is 5.30. The first-order valence-corrected chi connectivity index (χ1v) is 10.2. The first-order valence-electron chi connectivity index (χ1n) is 7.96. The molecule has 2 bridgehead atoms. The van der Waals surface area contributed by atoms with Crippen molar-refractivity contribution in [1.29, 1.82) is 0 Å². The van der Waals surface area contributed by atoms with Gasteiger partial charge in [0.1, 0.15) is 0 Å². The molecule has 20 heavy (non-hydrogen) atoms. The van der Waals surface area contributed by atoms with Gasteiger partial charge >= 0.3 is 128 Å². The summed E-state index contributed by atoms with van der Waals surface area (Å²) < 4.78 is 5.88. The van der Waals surface area contributed by atoms with Crippen molar-refractivity contribution in [3.8, 4) is 0 Å². The van der Waals surface area contributed by atoms with Crippen molar-refractivity contribution in [2.75, 3.05) is 6.61 Å². The van der Waals surface area contributed by atoms with Crippen molar-refractivity contribution in [3.05, 3.63) is 0 Å². The number of fused-ring (bicyclic) bond motifs is 2. The van der Waals surface area contributed by atoms with Gasteiger partial charge in [0.05, 0.1) is 0 Å². The van der Waals surface area contributed by atoms with Crippen LogP contribution in [0.3, 0.4) is 0 Å². The average molecular weight is 344 g/mol. The van der Waals surface area contributed by atoms with Gasteiger partial charge in [-0.2, -0.15) is 0 Å². The molecule has 3 rings (SSSR count). The fourth-order valence-corrected chi connectivity index (χ4v) is 8.44. The Morgan fingerprint density at radius 3 is 2.75 bits per heavy atom. The summed E-state index contributed by atoms with van der Waals surface area (Å²) in [6.45, 7) is 8.01. The minimum absolute atomic E-state index is 0.117. The van der Waals surface area contributed by atoms with Gasteiger partial charge in [-0.25, -0.2) is 0 Å². The van der Waals surface area contributed by atoms with Crippen molar-refractivity contribution in [2.45, 2.75) is 69.1 Å². The molecule has 2 aliphatic carbocycles. The summed E-state index contributed by atoms with van der Waals surface area (Å²) in [5.74, 6) is 0.710. The molecule has 114 valence electrons. The van der Waals surface area contributed by atoms with E-state index < -0.39 is 0 Å². The van der Waals surface area contributed by atoms with Gasteiger partial charge in [0.25, 0.3) is 0 Å². The molecule has 1 saturated heterocycles. The maximum atomic E-state index is 9.56. The molecule has 3 fully saturated rings. The molecule has 1 N–H and O–H groups in total. The third-order valence-electron chi connectivity index (χ3n) is 6.35. The summed E-state index contributed by atoms with van der Waals surface area (Å²) in [7, 11) is 0. The van der Waals surface area contributed by atoms with Crippen molar-refractivity contribution in [3.63, 3.8) is 0 Å². The summed E-state index contributed by atoms with van der Waals surface area (Å²) in [6, 6.07) is 0. The van der Waals surface area contributed by atoms with Crippen molar-refractivity contribution < 1.29 is 9.94 Å². The maximum absolute atomic E-state index is 9.56. The number of rotatable bonds is 3. The SMILES string of the molecule is CC1(C)[C@@H]2CC[C@@]1(C)/C(=N\O)[C@H]2[Se]CC1CCCCO1. The van der Waals surface area contributed by atoms with Crippen LogP contribution >= 0.6 is 0 Å². The van der Waals surface area contributed by atoms with Gasteiger partial charge in [0.2, 0.25) is 0 Å². The topological polar surface area (TPSA) is 41.8 Å². The Balaban J connectivity index is 1.70. The van der Waals surface area contributed by atoms with Crippen LogP contribution in [-0.4, -0.2) is 38.6 Å². The quantitative estimate of drug-likeness (QED) is 0.481. The van der Waals surface area contributed by atoms with E-state index in [1.807, 2.05) is 0 Å². The van der Waals surface area contributed by atoms with Gasteiger partial charge in [-0.05, 0) is 0 Å². The fourth-order valence-electron chi connectivity index (χ4n) is 4.54. The average Bonchev–Trinajstić information content (AvgIpc) is 2.76. The number of hydrogen-bond acceptors (Lipinski definition) is 3. The van der Waals surface area contributed by atoms with Crippen LogP contribution in [0.1, 0.15) is 52.9 Å². The second-order valence-electron chi connectivity index (χ2n) is 7.43. The molecule has 3 aliphatic rings. The molecule has 0 aromatic carbocycles. The number of nitrogens with zero attached hydrogens (tertiary/aromatic N) is 1. The van der Waals surface area contributed by atoms with Crippen LogP contribution in [-0.2, 0) is 4.74 Å². The predicted octanol–water partition coefficient (Wildman–Crippen LogP) is 3.75. The fraction of sp³-hybridized carbons (Fsp3) is 0.938. The van der Waals surface area contributed by atoms with E-state index in [1.165, 1.54) is 37.4 Å². The number of ether oxygens (including phenoxy) is 1. The van der Waals surface area contributed by atoms with Crippen LogP contribution in [0.25, 0.3) is 0 Å². The number of oxime groups is 1. The molecule has 0 spiro atoms. The van der Waals surface area contributed by atoms with Gasteiger partial charge in [0.15, 0.2) is 0 Å². The minimum atomic E-state index is 0.117. The molecular formula is C16H27NO2Se. The summed E-state index contributed by atoms with van der Waals surface area (Å²) in [5.41, 5.74) is 1.51. The first kappa shape index (κ1) is 14.9. The first-order chi connectivity index (χ1) is 9.50. The van der Waals surface area contributed by atoms with Crippen LogP contribution in [0.2, 0.25) is 10.1 Å². The van der Waals surface area contributed by atoms with E-state index in [0.29, 0.717) is 31.8 Å². The van der Waals surface area contributed by atoms with Gasteiger partial charge < -0.3 is 0 Å². The molecule has 1 heterocycles. The van der Waals surface area contributed by atoms with E-state index in [1.54, 1.807) is 0 Å². The van der Waals surface area contributed by atoms with Gasteiger partial charge in [-0.15, -0.1) is 0 Å². The molecule has 1 unspecified atom stereocenters. The van der Waals surface area contributed by atoms with E-state index in [9.17, 15) is 5.21 Å². The van der Waals surface area contributed by atoms with Crippen molar-refractivity contribution >= 4 is 20.7 Å². The standard InChI is InChI=1S/C16H27NO2Se/c1-15(2)12-7-8-16(15,3)14(17-18)13(12)20-10-11-6-4-5-9-19-11/h11-13,18H,4-10H2,1-3H3/b17-14-/t11?,12-,13+,16+/m1/s1. The van der Waals surface area contributed by atoms with E-state index in [0.717, 1.165) is 12.3 Å². The molecule has 0 aromatic heterocycles. The van der Waals surface area contributed by atoms with Gasteiger partial charge in [0, 0.05) is 0 Å². The van der Waals surface area contributed by atoms with Gasteiger partial charge in [-0.3, -0.25) is 0 Å². The third-order valence-corrected chi connectivity index (χ3v) is 9.44. The molecule has 4 heteroatoms. The van der Waals surface area contributed by atoms with Crippen LogP contribution < -0.4 is 0 Å². The van der Waals surface area contributed by atoms with E-state index >= 15 is 0 Å². The Labute approximate surface area is 128 Å². The molecule has 4 atom stereocenters. The Morgan fingerprint density at radius 2 is 2.10 bits per heavy atom. The zero-order valence-corrected chi connectivity index (χ0v) is 14.6. The van der Waals surface area contributed by atoms with E-state index in [-0.39, 0.29) is 10.8 Å². The van der Waals surface area contributed by atoms with Crippen molar-refractivity contribution in [1.82, 2.24) is 0 Å². The molecule has 1 aliphatic heterocycles. The van der Waals surface area contributed by atoms with Crippen LogP contribution in [0.5, 0.6) is 0 Å². The summed E-state index contributed by atoms with van der Waals surface area (Å²) in [6.07, 6.45) is 6.74. The zero-order valence-electron chi connectivity index (χ0n) is 12.9. The predicted molar refractivity (Wildman–Crippen MR) is 81.7 cm³/mol. The molecule has 0 radical (unpaired) electrons. The van der Waals surface area contributed by atoms with E-state index in [4.69, 9.17) is 4.74 Å². The third kappa shape index (κ3) is 2.07. The Morgan fingerprint density at radius 1 is 1.30 bits per heavy atom. The van der Waals surface area contributed by atoms with Crippen LogP contribution in [0.4, 0.5) is 0 Å². The normalized spacial score (nSPS) is 45.1. The summed E-state index contributed by atoms with van der Waals surface area (Å²) >= 11 is 0.504. The molecule has 0 amide bonds. The molecule has 3 nitrogen and oxygen atoms in total. The Kier molecular flexibility index (Phi) is 3.94. The van der Waals surface area contributed by atoms with Crippen LogP contribution in [0.15, 0.2) is 5.16 Å². The summed E-state index contributed by atoms with van der Waals surface area (Å²) in [4.78, 5) is 0.534. The number of hydrogen-bond donors (Lipinski definition) is 1. The Hall–Kier alpha value is -0.0505.